The predicted molar refractivity (Wildman–Crippen MR) is 65.7 cm³/mol. The molecule has 0 spiro atoms. The van der Waals surface area contributed by atoms with Crippen LogP contribution in [0.1, 0.15) is 42.9 Å². The Morgan fingerprint density at radius 1 is 1.44 bits per heavy atom. The van der Waals surface area contributed by atoms with Crippen molar-refractivity contribution in [1.82, 2.24) is 5.32 Å². The summed E-state index contributed by atoms with van der Waals surface area (Å²) in [5.41, 5.74) is 1.29. The van der Waals surface area contributed by atoms with Crippen molar-refractivity contribution in [1.29, 1.82) is 0 Å². The molecule has 0 aliphatic carbocycles. The number of hydrogen-bond acceptors (Lipinski definition) is 3. The molecule has 3 nitrogen and oxygen atoms in total. The van der Waals surface area contributed by atoms with Crippen LogP contribution in [0.2, 0.25) is 0 Å². The minimum absolute atomic E-state index is 0.387. The van der Waals surface area contributed by atoms with Gasteiger partial charge >= 0.3 is 0 Å². The van der Waals surface area contributed by atoms with Gasteiger partial charge in [0.15, 0.2) is 0 Å². The summed E-state index contributed by atoms with van der Waals surface area (Å²) in [5.74, 6) is 2.02. The van der Waals surface area contributed by atoms with E-state index in [1.807, 2.05) is 13.8 Å². The third-order valence-electron chi connectivity index (χ3n) is 2.75. The lowest BCUT2D eigenvalue weighted by atomic mass is 10.0. The standard InChI is InChI=1S/C13H23NO2/c1-5-14-13(7-6-8-15-4)12-9-10(2)16-11(12)3/h9,13-14H,5-8H2,1-4H3. The van der Waals surface area contributed by atoms with Crippen LogP contribution in [-0.2, 0) is 4.74 Å². The Morgan fingerprint density at radius 2 is 2.19 bits per heavy atom. The molecule has 0 fully saturated rings. The molecule has 0 bridgehead atoms. The van der Waals surface area contributed by atoms with Crippen LogP contribution in [-0.4, -0.2) is 20.3 Å². The van der Waals surface area contributed by atoms with E-state index in [0.29, 0.717) is 6.04 Å². The van der Waals surface area contributed by atoms with Crippen molar-refractivity contribution in [2.45, 2.75) is 39.7 Å². The highest BCUT2D eigenvalue weighted by Crippen LogP contribution is 2.25. The molecule has 0 aliphatic heterocycles. The summed E-state index contributed by atoms with van der Waals surface area (Å²) in [6.07, 6.45) is 2.15. The Kier molecular flexibility index (Phi) is 5.56. The van der Waals surface area contributed by atoms with Crippen LogP contribution in [0.25, 0.3) is 0 Å². The average molecular weight is 225 g/mol. The van der Waals surface area contributed by atoms with Crippen molar-refractivity contribution in [2.75, 3.05) is 20.3 Å². The third-order valence-corrected chi connectivity index (χ3v) is 2.75. The van der Waals surface area contributed by atoms with E-state index in [0.717, 1.165) is 37.5 Å². The topological polar surface area (TPSA) is 34.4 Å². The maximum Gasteiger partial charge on any atom is 0.105 e. The fraction of sp³-hybridized carbons (Fsp3) is 0.692. The second-order valence-corrected chi connectivity index (χ2v) is 4.11. The summed E-state index contributed by atoms with van der Waals surface area (Å²) in [6.45, 7) is 7.95. The molecule has 16 heavy (non-hydrogen) atoms. The number of ether oxygens (including phenoxy) is 1. The van der Waals surface area contributed by atoms with Gasteiger partial charge in [-0.3, -0.25) is 0 Å². The van der Waals surface area contributed by atoms with Crippen LogP contribution in [0.5, 0.6) is 0 Å². The van der Waals surface area contributed by atoms with Crippen LogP contribution < -0.4 is 5.32 Å². The molecular weight excluding hydrogens is 202 g/mol. The first-order chi connectivity index (χ1) is 7.69. The highest BCUT2D eigenvalue weighted by Gasteiger charge is 2.15. The molecule has 0 amide bonds. The smallest absolute Gasteiger partial charge is 0.105 e. The Morgan fingerprint density at radius 3 is 2.69 bits per heavy atom. The summed E-state index contributed by atoms with van der Waals surface area (Å²) >= 11 is 0. The van der Waals surface area contributed by atoms with Gasteiger partial charge in [0.25, 0.3) is 0 Å². The highest BCUT2D eigenvalue weighted by molar-refractivity contribution is 5.24. The number of methoxy groups -OCH3 is 1. The van der Waals surface area contributed by atoms with E-state index in [1.54, 1.807) is 7.11 Å². The Labute approximate surface area is 98.2 Å². The van der Waals surface area contributed by atoms with Gasteiger partial charge in [0, 0.05) is 25.3 Å². The van der Waals surface area contributed by atoms with Crippen molar-refractivity contribution in [2.24, 2.45) is 0 Å². The monoisotopic (exact) mass is 225 g/mol. The summed E-state index contributed by atoms with van der Waals surface area (Å²) < 4.78 is 10.7. The molecule has 1 aromatic rings. The van der Waals surface area contributed by atoms with Crippen LogP contribution in [0.3, 0.4) is 0 Å². The van der Waals surface area contributed by atoms with Gasteiger partial charge in [-0.25, -0.2) is 0 Å². The third kappa shape index (κ3) is 3.65. The van der Waals surface area contributed by atoms with Crippen molar-refractivity contribution < 1.29 is 9.15 Å². The maximum atomic E-state index is 5.58. The van der Waals surface area contributed by atoms with Crippen LogP contribution in [0, 0.1) is 13.8 Å². The number of hydrogen-bond donors (Lipinski definition) is 1. The van der Waals surface area contributed by atoms with E-state index >= 15 is 0 Å². The summed E-state index contributed by atoms with van der Waals surface area (Å²) in [4.78, 5) is 0. The SMILES string of the molecule is CCNC(CCCOC)c1cc(C)oc1C. The van der Waals surface area contributed by atoms with Gasteiger partial charge in [-0.05, 0) is 39.3 Å². The first-order valence-electron chi connectivity index (χ1n) is 5.98. The molecule has 1 aromatic heterocycles. The van der Waals surface area contributed by atoms with Crippen molar-refractivity contribution in [3.05, 3.63) is 23.2 Å². The summed E-state index contributed by atoms with van der Waals surface area (Å²) in [5, 5.41) is 3.50. The molecular formula is C13H23NO2. The van der Waals surface area contributed by atoms with E-state index < -0.39 is 0 Å². The van der Waals surface area contributed by atoms with Crippen molar-refractivity contribution >= 4 is 0 Å². The van der Waals surface area contributed by atoms with Gasteiger partial charge in [0.05, 0.1) is 0 Å². The minimum Gasteiger partial charge on any atom is -0.466 e. The van der Waals surface area contributed by atoms with Crippen molar-refractivity contribution in [3.63, 3.8) is 0 Å². The minimum atomic E-state index is 0.387. The van der Waals surface area contributed by atoms with Gasteiger partial charge in [-0.1, -0.05) is 6.92 Å². The lowest BCUT2D eigenvalue weighted by molar-refractivity contribution is 0.188. The van der Waals surface area contributed by atoms with Crippen molar-refractivity contribution in [3.8, 4) is 0 Å². The normalized spacial score (nSPS) is 13.0. The molecule has 3 heteroatoms. The van der Waals surface area contributed by atoms with E-state index in [1.165, 1.54) is 5.56 Å². The molecule has 0 aromatic carbocycles. The maximum absolute atomic E-state index is 5.58. The van der Waals surface area contributed by atoms with Gasteiger partial charge in [0.1, 0.15) is 11.5 Å². The fourth-order valence-electron chi connectivity index (χ4n) is 2.04. The van der Waals surface area contributed by atoms with Crippen LogP contribution >= 0.6 is 0 Å². The first-order valence-corrected chi connectivity index (χ1v) is 5.98. The van der Waals surface area contributed by atoms with Crippen LogP contribution in [0.15, 0.2) is 10.5 Å². The van der Waals surface area contributed by atoms with E-state index in [-0.39, 0.29) is 0 Å². The fourth-order valence-corrected chi connectivity index (χ4v) is 2.04. The number of rotatable bonds is 7. The molecule has 1 atom stereocenters. The predicted octanol–water partition coefficient (Wildman–Crippen LogP) is 2.97. The second kappa shape index (κ2) is 6.71. The zero-order valence-corrected chi connectivity index (χ0v) is 10.8. The van der Waals surface area contributed by atoms with Crippen LogP contribution in [0.4, 0.5) is 0 Å². The molecule has 0 saturated carbocycles. The van der Waals surface area contributed by atoms with E-state index in [9.17, 15) is 0 Å². The zero-order chi connectivity index (χ0) is 12.0. The lowest BCUT2D eigenvalue weighted by Crippen LogP contribution is -2.21. The second-order valence-electron chi connectivity index (χ2n) is 4.11. The molecule has 0 saturated heterocycles. The Hall–Kier alpha value is -0.800. The largest absolute Gasteiger partial charge is 0.466 e. The average Bonchev–Trinajstić information content (AvgIpc) is 2.57. The zero-order valence-electron chi connectivity index (χ0n) is 10.8. The first kappa shape index (κ1) is 13.3. The van der Waals surface area contributed by atoms with Gasteiger partial charge in [-0.2, -0.15) is 0 Å². The Balaban J connectivity index is 2.64. The molecule has 1 rings (SSSR count). The number of aryl methyl sites for hydroxylation is 2. The van der Waals surface area contributed by atoms with Gasteiger partial charge < -0.3 is 14.5 Å². The molecule has 1 N–H and O–H groups in total. The number of furan rings is 1. The van der Waals surface area contributed by atoms with Gasteiger partial charge in [0.2, 0.25) is 0 Å². The quantitative estimate of drug-likeness (QED) is 0.724. The number of nitrogens with one attached hydrogen (secondary N) is 1. The Bertz CT molecular complexity index is 307. The van der Waals surface area contributed by atoms with E-state index in [4.69, 9.17) is 9.15 Å². The summed E-state index contributed by atoms with van der Waals surface area (Å²) in [7, 11) is 1.75. The van der Waals surface area contributed by atoms with Gasteiger partial charge in [-0.15, -0.1) is 0 Å². The summed E-state index contributed by atoms with van der Waals surface area (Å²) in [6, 6.07) is 2.52. The lowest BCUT2D eigenvalue weighted by Gasteiger charge is -2.17. The molecule has 0 radical (unpaired) electrons. The molecule has 1 heterocycles. The van der Waals surface area contributed by atoms with E-state index in [2.05, 4.69) is 18.3 Å². The molecule has 92 valence electrons. The molecule has 0 aliphatic rings. The molecule has 1 unspecified atom stereocenters. The highest BCUT2D eigenvalue weighted by atomic mass is 16.5.